The van der Waals surface area contributed by atoms with Gasteiger partial charge in [0.25, 0.3) is 5.91 Å². The largest absolute Gasteiger partial charge is 0.321 e. The van der Waals surface area contributed by atoms with Crippen LogP contribution in [0.4, 0.5) is 5.69 Å². The van der Waals surface area contributed by atoms with Gasteiger partial charge in [0.2, 0.25) is 0 Å². The molecule has 0 spiro atoms. The number of carbonyl (C=O) groups excluding carboxylic acids is 1. The zero-order valence-corrected chi connectivity index (χ0v) is 12.3. The molecule has 0 fully saturated rings. The zero-order chi connectivity index (χ0) is 14.8. The SMILES string of the molecule is Cc1ccc(C(=O)Nc2cccc3ccccc23)c(Cl)c1. The Hall–Kier alpha value is -2.32. The van der Waals surface area contributed by atoms with Gasteiger partial charge in [0.15, 0.2) is 0 Å². The number of rotatable bonds is 2. The van der Waals surface area contributed by atoms with Gasteiger partial charge in [0.1, 0.15) is 0 Å². The number of hydrogen-bond acceptors (Lipinski definition) is 1. The minimum absolute atomic E-state index is 0.198. The summed E-state index contributed by atoms with van der Waals surface area (Å²) in [4.78, 5) is 12.4. The second-order valence-corrected chi connectivity index (χ2v) is 5.37. The molecule has 104 valence electrons. The average Bonchev–Trinajstić information content (AvgIpc) is 2.47. The highest BCUT2D eigenvalue weighted by Crippen LogP contribution is 2.25. The fraction of sp³-hybridized carbons (Fsp3) is 0.0556. The van der Waals surface area contributed by atoms with Crippen LogP contribution in [0.5, 0.6) is 0 Å². The van der Waals surface area contributed by atoms with Gasteiger partial charge in [0, 0.05) is 11.1 Å². The molecule has 0 aliphatic carbocycles. The normalized spacial score (nSPS) is 10.6. The lowest BCUT2D eigenvalue weighted by Crippen LogP contribution is -2.12. The molecule has 2 nitrogen and oxygen atoms in total. The zero-order valence-electron chi connectivity index (χ0n) is 11.6. The van der Waals surface area contributed by atoms with Crippen LogP contribution in [-0.4, -0.2) is 5.91 Å². The lowest BCUT2D eigenvalue weighted by Gasteiger charge is -2.10. The summed E-state index contributed by atoms with van der Waals surface area (Å²) in [5.74, 6) is -0.198. The highest BCUT2D eigenvalue weighted by atomic mass is 35.5. The molecule has 0 aliphatic heterocycles. The summed E-state index contributed by atoms with van der Waals surface area (Å²) >= 11 is 6.15. The van der Waals surface area contributed by atoms with Crippen molar-refractivity contribution in [2.24, 2.45) is 0 Å². The Morgan fingerprint density at radius 1 is 1.00 bits per heavy atom. The lowest BCUT2D eigenvalue weighted by molar-refractivity contribution is 0.102. The number of amides is 1. The maximum Gasteiger partial charge on any atom is 0.257 e. The first-order chi connectivity index (χ1) is 10.1. The molecule has 3 heteroatoms. The molecule has 1 amide bonds. The van der Waals surface area contributed by atoms with E-state index < -0.39 is 0 Å². The van der Waals surface area contributed by atoms with Crippen molar-refractivity contribution in [2.45, 2.75) is 6.92 Å². The third-order valence-corrected chi connectivity index (χ3v) is 3.72. The van der Waals surface area contributed by atoms with E-state index in [-0.39, 0.29) is 5.91 Å². The number of carbonyl (C=O) groups is 1. The van der Waals surface area contributed by atoms with Crippen molar-refractivity contribution >= 4 is 34.0 Å². The molecule has 0 aliphatic rings. The van der Waals surface area contributed by atoms with Crippen LogP contribution in [0, 0.1) is 6.92 Å². The molecular formula is C18H14ClNO. The minimum Gasteiger partial charge on any atom is -0.321 e. The van der Waals surface area contributed by atoms with Crippen LogP contribution in [0.2, 0.25) is 5.02 Å². The van der Waals surface area contributed by atoms with Crippen LogP contribution in [0.3, 0.4) is 0 Å². The quantitative estimate of drug-likeness (QED) is 0.704. The summed E-state index contributed by atoms with van der Waals surface area (Å²) in [6.07, 6.45) is 0. The van der Waals surface area contributed by atoms with E-state index in [0.29, 0.717) is 10.6 Å². The van der Waals surface area contributed by atoms with Gasteiger partial charge in [-0.25, -0.2) is 0 Å². The van der Waals surface area contributed by atoms with Crippen LogP contribution >= 0.6 is 11.6 Å². The first-order valence-electron chi connectivity index (χ1n) is 6.70. The Morgan fingerprint density at radius 2 is 1.76 bits per heavy atom. The topological polar surface area (TPSA) is 29.1 Å². The van der Waals surface area contributed by atoms with Crippen LogP contribution in [0.1, 0.15) is 15.9 Å². The van der Waals surface area contributed by atoms with Gasteiger partial charge in [-0.15, -0.1) is 0 Å². The fourth-order valence-corrected chi connectivity index (χ4v) is 2.65. The molecule has 0 radical (unpaired) electrons. The van der Waals surface area contributed by atoms with Crippen molar-refractivity contribution < 1.29 is 4.79 Å². The van der Waals surface area contributed by atoms with E-state index in [0.717, 1.165) is 22.0 Å². The molecule has 0 saturated carbocycles. The van der Waals surface area contributed by atoms with Crippen LogP contribution in [0.15, 0.2) is 60.7 Å². The molecule has 0 atom stereocenters. The Morgan fingerprint density at radius 3 is 2.57 bits per heavy atom. The predicted octanol–water partition coefficient (Wildman–Crippen LogP) is 5.05. The number of halogens is 1. The van der Waals surface area contributed by atoms with E-state index in [9.17, 15) is 4.79 Å². The first-order valence-corrected chi connectivity index (χ1v) is 7.08. The second-order valence-electron chi connectivity index (χ2n) is 4.96. The Bertz CT molecular complexity index is 821. The Balaban J connectivity index is 1.97. The highest BCUT2D eigenvalue weighted by molar-refractivity contribution is 6.34. The van der Waals surface area contributed by atoms with Gasteiger partial charge in [-0.05, 0) is 36.1 Å². The number of fused-ring (bicyclic) bond motifs is 1. The van der Waals surface area contributed by atoms with Gasteiger partial charge < -0.3 is 5.32 Å². The van der Waals surface area contributed by atoms with E-state index in [1.807, 2.05) is 55.5 Å². The van der Waals surface area contributed by atoms with E-state index in [4.69, 9.17) is 11.6 Å². The van der Waals surface area contributed by atoms with Gasteiger partial charge in [-0.1, -0.05) is 54.1 Å². The fourth-order valence-electron chi connectivity index (χ4n) is 2.33. The second kappa shape index (κ2) is 5.58. The average molecular weight is 296 g/mol. The van der Waals surface area contributed by atoms with Crippen molar-refractivity contribution in [2.75, 3.05) is 5.32 Å². The maximum atomic E-state index is 12.4. The summed E-state index contributed by atoms with van der Waals surface area (Å²) in [6.45, 7) is 1.94. The highest BCUT2D eigenvalue weighted by Gasteiger charge is 2.11. The van der Waals surface area contributed by atoms with Crippen molar-refractivity contribution in [1.82, 2.24) is 0 Å². The van der Waals surface area contributed by atoms with Crippen LogP contribution in [-0.2, 0) is 0 Å². The van der Waals surface area contributed by atoms with E-state index in [1.165, 1.54) is 0 Å². The summed E-state index contributed by atoms with van der Waals surface area (Å²) in [7, 11) is 0. The number of anilines is 1. The summed E-state index contributed by atoms with van der Waals surface area (Å²) in [5.41, 5.74) is 2.30. The minimum atomic E-state index is -0.198. The molecule has 0 saturated heterocycles. The van der Waals surface area contributed by atoms with E-state index in [2.05, 4.69) is 5.32 Å². The molecule has 3 aromatic rings. The number of nitrogens with one attached hydrogen (secondary N) is 1. The molecule has 3 aromatic carbocycles. The third kappa shape index (κ3) is 2.76. The number of hydrogen-bond donors (Lipinski definition) is 1. The Kier molecular flexibility index (Phi) is 3.63. The molecular weight excluding hydrogens is 282 g/mol. The first kappa shape index (κ1) is 13.7. The third-order valence-electron chi connectivity index (χ3n) is 3.41. The summed E-state index contributed by atoms with van der Waals surface area (Å²) < 4.78 is 0. The van der Waals surface area contributed by atoms with Gasteiger partial charge in [-0.3, -0.25) is 4.79 Å². The number of benzene rings is 3. The smallest absolute Gasteiger partial charge is 0.257 e. The van der Waals surface area contributed by atoms with Gasteiger partial charge in [0.05, 0.1) is 10.6 Å². The van der Waals surface area contributed by atoms with E-state index in [1.54, 1.807) is 12.1 Å². The monoisotopic (exact) mass is 295 g/mol. The number of aryl methyl sites for hydroxylation is 1. The predicted molar refractivity (Wildman–Crippen MR) is 88.1 cm³/mol. The van der Waals surface area contributed by atoms with Gasteiger partial charge in [-0.2, -0.15) is 0 Å². The van der Waals surface area contributed by atoms with Crippen LogP contribution < -0.4 is 5.32 Å². The lowest BCUT2D eigenvalue weighted by atomic mass is 10.1. The van der Waals surface area contributed by atoms with Crippen molar-refractivity contribution in [3.63, 3.8) is 0 Å². The van der Waals surface area contributed by atoms with Crippen molar-refractivity contribution in [3.05, 3.63) is 76.8 Å². The maximum absolute atomic E-state index is 12.4. The molecule has 21 heavy (non-hydrogen) atoms. The standard InChI is InChI=1S/C18H14ClNO/c1-12-9-10-15(16(19)11-12)18(21)20-17-8-4-6-13-5-2-3-7-14(13)17/h2-11H,1H3,(H,20,21). The van der Waals surface area contributed by atoms with Crippen molar-refractivity contribution in [1.29, 1.82) is 0 Å². The van der Waals surface area contributed by atoms with Gasteiger partial charge >= 0.3 is 0 Å². The molecule has 0 unspecified atom stereocenters. The molecule has 0 aromatic heterocycles. The molecule has 3 rings (SSSR count). The molecule has 0 heterocycles. The van der Waals surface area contributed by atoms with Crippen molar-refractivity contribution in [3.8, 4) is 0 Å². The Labute approximate surface area is 128 Å². The summed E-state index contributed by atoms with van der Waals surface area (Å²) in [5, 5.41) is 5.50. The molecule has 0 bridgehead atoms. The van der Waals surface area contributed by atoms with Crippen LogP contribution in [0.25, 0.3) is 10.8 Å². The summed E-state index contributed by atoms with van der Waals surface area (Å²) in [6, 6.07) is 19.2. The molecule has 1 N–H and O–H groups in total. The van der Waals surface area contributed by atoms with E-state index >= 15 is 0 Å².